The van der Waals surface area contributed by atoms with Crippen LogP contribution in [0.25, 0.3) is 6.08 Å². The highest BCUT2D eigenvalue weighted by molar-refractivity contribution is 6.09. The first-order valence-corrected chi connectivity index (χ1v) is 8.96. The largest absolute Gasteiger partial charge is 0.322 e. The van der Waals surface area contributed by atoms with Gasteiger partial charge in [0, 0.05) is 23.4 Å². The van der Waals surface area contributed by atoms with Gasteiger partial charge in [-0.25, -0.2) is 0 Å². The smallest absolute Gasteiger partial charge is 0.277 e. The number of rotatable bonds is 7. The van der Waals surface area contributed by atoms with Crippen LogP contribution in [0.5, 0.6) is 0 Å². The van der Waals surface area contributed by atoms with Crippen molar-refractivity contribution in [3.63, 3.8) is 0 Å². The van der Waals surface area contributed by atoms with E-state index in [1.807, 2.05) is 30.3 Å². The molecule has 3 aromatic carbocycles. The molecule has 0 bridgehead atoms. The second kappa shape index (κ2) is 9.23. The molecule has 0 aromatic heterocycles. The summed E-state index contributed by atoms with van der Waals surface area (Å²) in [4.78, 5) is 45.3. The number of anilines is 1. The molecule has 9 nitrogen and oxygen atoms in total. The van der Waals surface area contributed by atoms with Gasteiger partial charge in [-0.05, 0) is 23.8 Å². The predicted octanol–water partition coefficient (Wildman–Crippen LogP) is 4.65. The minimum Gasteiger partial charge on any atom is -0.322 e. The fourth-order valence-corrected chi connectivity index (χ4v) is 2.72. The summed E-state index contributed by atoms with van der Waals surface area (Å²) in [7, 11) is 0. The van der Waals surface area contributed by atoms with Gasteiger partial charge in [-0.1, -0.05) is 48.5 Å². The van der Waals surface area contributed by atoms with Crippen LogP contribution in [0.1, 0.15) is 26.3 Å². The molecule has 0 saturated heterocycles. The summed E-state index contributed by atoms with van der Waals surface area (Å²) in [5.74, 6) is -1.07. The summed E-state index contributed by atoms with van der Waals surface area (Å²) in [6, 6.07) is 18.0. The zero-order chi connectivity index (χ0) is 22.4. The lowest BCUT2D eigenvalue weighted by Crippen LogP contribution is -2.13. The Morgan fingerprint density at radius 2 is 1.42 bits per heavy atom. The third kappa shape index (κ3) is 5.45. The van der Waals surface area contributed by atoms with Gasteiger partial charge in [-0.3, -0.25) is 29.8 Å². The van der Waals surface area contributed by atoms with Crippen molar-refractivity contribution < 1.29 is 19.4 Å². The van der Waals surface area contributed by atoms with E-state index in [9.17, 15) is 29.8 Å². The van der Waals surface area contributed by atoms with Crippen molar-refractivity contribution in [3.8, 4) is 0 Å². The van der Waals surface area contributed by atoms with Gasteiger partial charge < -0.3 is 5.32 Å². The zero-order valence-corrected chi connectivity index (χ0v) is 15.9. The maximum Gasteiger partial charge on any atom is 0.277 e. The first-order valence-electron chi connectivity index (χ1n) is 8.96. The van der Waals surface area contributed by atoms with Crippen molar-refractivity contribution in [2.45, 2.75) is 0 Å². The van der Waals surface area contributed by atoms with Gasteiger partial charge in [-0.2, -0.15) is 0 Å². The van der Waals surface area contributed by atoms with Crippen molar-refractivity contribution >= 4 is 34.8 Å². The van der Waals surface area contributed by atoms with Crippen LogP contribution in [0.4, 0.5) is 17.1 Å². The highest BCUT2D eigenvalue weighted by atomic mass is 16.6. The van der Waals surface area contributed by atoms with Crippen molar-refractivity contribution in [1.29, 1.82) is 0 Å². The molecule has 3 aromatic rings. The Morgan fingerprint density at radius 1 is 0.774 bits per heavy atom. The van der Waals surface area contributed by atoms with E-state index < -0.39 is 27.1 Å². The number of carbonyl (C=O) groups is 2. The Hall–Kier alpha value is -4.66. The Labute approximate surface area is 175 Å². The van der Waals surface area contributed by atoms with E-state index in [0.29, 0.717) is 5.56 Å². The lowest BCUT2D eigenvalue weighted by molar-refractivity contribution is -0.394. The van der Waals surface area contributed by atoms with E-state index in [-0.39, 0.29) is 17.0 Å². The number of ketones is 1. The molecule has 3 rings (SSSR count). The molecule has 1 N–H and O–H groups in total. The molecular formula is C22H15N3O6. The lowest BCUT2D eigenvalue weighted by atomic mass is 10.1. The number of amides is 1. The minimum atomic E-state index is -0.817. The SMILES string of the molecule is O=C(/C=C\c1ccccc1)c1cccc(NC(=O)c2cc([N+](=O)[O-])cc([N+](=O)[O-])c2)c1. The van der Waals surface area contributed by atoms with Crippen LogP contribution in [0, 0.1) is 20.2 Å². The summed E-state index contributed by atoms with van der Waals surface area (Å²) in [6.45, 7) is 0. The van der Waals surface area contributed by atoms with Crippen molar-refractivity contribution in [2.24, 2.45) is 0 Å². The highest BCUT2D eigenvalue weighted by Crippen LogP contribution is 2.23. The summed E-state index contributed by atoms with van der Waals surface area (Å²) in [5.41, 5.74) is 0.0333. The monoisotopic (exact) mass is 417 g/mol. The van der Waals surface area contributed by atoms with Gasteiger partial charge in [0.2, 0.25) is 0 Å². The normalized spacial score (nSPS) is 10.6. The maximum absolute atomic E-state index is 12.5. The molecule has 0 atom stereocenters. The van der Waals surface area contributed by atoms with Gasteiger partial charge in [0.15, 0.2) is 5.78 Å². The lowest BCUT2D eigenvalue weighted by Gasteiger charge is -2.07. The predicted molar refractivity (Wildman–Crippen MR) is 114 cm³/mol. The number of nitrogens with one attached hydrogen (secondary N) is 1. The van der Waals surface area contributed by atoms with Gasteiger partial charge in [0.25, 0.3) is 17.3 Å². The van der Waals surface area contributed by atoms with Gasteiger partial charge in [-0.15, -0.1) is 0 Å². The Bertz CT molecular complexity index is 1170. The molecule has 0 unspecified atom stereocenters. The topological polar surface area (TPSA) is 132 Å². The molecule has 0 aliphatic rings. The molecule has 0 aliphatic heterocycles. The molecular weight excluding hydrogens is 402 g/mol. The van der Waals surface area contributed by atoms with Crippen LogP contribution in [-0.4, -0.2) is 21.5 Å². The number of allylic oxidation sites excluding steroid dienone is 1. The summed E-state index contributed by atoms with van der Waals surface area (Å²) in [6.07, 6.45) is 3.07. The van der Waals surface area contributed by atoms with Crippen molar-refractivity contribution in [1.82, 2.24) is 0 Å². The van der Waals surface area contributed by atoms with Crippen LogP contribution in [0.15, 0.2) is 78.9 Å². The second-order valence-electron chi connectivity index (χ2n) is 6.40. The fourth-order valence-electron chi connectivity index (χ4n) is 2.72. The van der Waals surface area contributed by atoms with Crippen molar-refractivity contribution in [3.05, 3.63) is 116 Å². The average molecular weight is 417 g/mol. The summed E-state index contributed by atoms with van der Waals surface area (Å²) < 4.78 is 0. The standard InChI is InChI=1S/C22H15N3O6/c26-21(10-9-15-5-2-1-3-6-15)16-7-4-8-18(11-16)23-22(27)17-12-19(24(28)29)14-20(13-17)25(30)31/h1-14H,(H,23,27)/b10-9-. The van der Waals surface area contributed by atoms with Gasteiger partial charge in [0.1, 0.15) is 0 Å². The Kier molecular flexibility index (Phi) is 6.27. The number of non-ortho nitro benzene ring substituents is 2. The van der Waals surface area contributed by atoms with Gasteiger partial charge in [0.05, 0.1) is 21.5 Å². The first kappa shape index (κ1) is 21.1. The number of hydrogen-bond donors (Lipinski definition) is 1. The number of carbonyl (C=O) groups excluding carboxylic acids is 2. The summed E-state index contributed by atoms with van der Waals surface area (Å²) >= 11 is 0. The van der Waals surface area contributed by atoms with E-state index in [4.69, 9.17) is 0 Å². The number of hydrogen-bond acceptors (Lipinski definition) is 6. The van der Waals surface area contributed by atoms with Crippen LogP contribution < -0.4 is 5.32 Å². The number of benzene rings is 3. The molecule has 0 fully saturated rings. The number of nitrogens with zero attached hydrogens (tertiary/aromatic N) is 2. The van der Waals surface area contributed by atoms with Crippen LogP contribution in [0.2, 0.25) is 0 Å². The third-order valence-corrected chi connectivity index (χ3v) is 4.22. The van der Waals surface area contributed by atoms with E-state index in [2.05, 4.69) is 5.32 Å². The molecule has 0 heterocycles. The molecule has 0 radical (unpaired) electrons. The number of nitro benzene ring substituents is 2. The van der Waals surface area contributed by atoms with Crippen LogP contribution >= 0.6 is 0 Å². The molecule has 154 valence electrons. The Morgan fingerprint density at radius 3 is 2.03 bits per heavy atom. The molecule has 0 aliphatic carbocycles. The minimum absolute atomic E-state index is 0.249. The molecule has 0 spiro atoms. The zero-order valence-electron chi connectivity index (χ0n) is 15.9. The Balaban J connectivity index is 1.80. The second-order valence-corrected chi connectivity index (χ2v) is 6.40. The molecule has 31 heavy (non-hydrogen) atoms. The van der Waals surface area contributed by atoms with E-state index >= 15 is 0 Å². The van der Waals surface area contributed by atoms with Gasteiger partial charge >= 0.3 is 0 Å². The fraction of sp³-hybridized carbons (Fsp3) is 0. The average Bonchev–Trinajstić information content (AvgIpc) is 2.78. The third-order valence-electron chi connectivity index (χ3n) is 4.22. The molecule has 1 amide bonds. The maximum atomic E-state index is 12.5. The molecule has 0 saturated carbocycles. The number of nitro groups is 2. The van der Waals surface area contributed by atoms with Crippen LogP contribution in [0.3, 0.4) is 0 Å². The molecule has 9 heteroatoms. The first-order chi connectivity index (χ1) is 14.8. The van der Waals surface area contributed by atoms with Crippen molar-refractivity contribution in [2.75, 3.05) is 5.32 Å². The van der Waals surface area contributed by atoms with E-state index in [1.54, 1.807) is 18.2 Å². The summed E-state index contributed by atoms with van der Waals surface area (Å²) in [5, 5.41) is 24.5. The van der Waals surface area contributed by atoms with E-state index in [0.717, 1.165) is 23.8 Å². The highest BCUT2D eigenvalue weighted by Gasteiger charge is 2.20. The van der Waals surface area contributed by atoms with Crippen LogP contribution in [-0.2, 0) is 0 Å². The quantitative estimate of drug-likeness (QED) is 0.257. The van der Waals surface area contributed by atoms with E-state index in [1.165, 1.54) is 18.2 Å².